The smallest absolute Gasteiger partial charge is 0.306 e. The first kappa shape index (κ1) is 19.8. The molecule has 1 N–H and O–H groups in total. The van der Waals surface area contributed by atoms with Crippen LogP contribution in [-0.4, -0.2) is 16.6 Å². The number of hydrogen-bond donors (Lipinski definition) is 1. The van der Waals surface area contributed by atoms with Crippen molar-refractivity contribution in [1.82, 2.24) is 5.01 Å². The van der Waals surface area contributed by atoms with Crippen LogP contribution >= 0.6 is 27.5 Å². The maximum atomic E-state index is 13.5. The minimum absolute atomic E-state index is 0.168. The molecule has 3 aliphatic heterocycles. The Morgan fingerprint density at radius 1 is 1.19 bits per heavy atom. The van der Waals surface area contributed by atoms with E-state index in [0.717, 1.165) is 44.5 Å². The number of hydrogen-bond acceptors (Lipinski definition) is 4. The zero-order valence-electron chi connectivity index (χ0n) is 17.2. The molecule has 0 fully saturated rings. The summed E-state index contributed by atoms with van der Waals surface area (Å²) in [5.74, 6) is 0.431. The molecular weight excluding hydrogens is 490 g/mol. The van der Waals surface area contributed by atoms with Crippen molar-refractivity contribution < 1.29 is 9.53 Å². The van der Waals surface area contributed by atoms with E-state index >= 15 is 0 Å². The Hall–Kier alpha value is -2.83. The Bertz CT molecular complexity index is 1310. The summed E-state index contributed by atoms with van der Waals surface area (Å²) in [7, 11) is 0. The fraction of sp³-hybridized carbons (Fsp3) is 0.200. The van der Waals surface area contributed by atoms with Crippen molar-refractivity contribution in [2.75, 3.05) is 5.32 Å². The van der Waals surface area contributed by atoms with Crippen LogP contribution in [0, 0.1) is 0 Å². The minimum Gasteiger partial charge on any atom is -0.453 e. The Kier molecular flexibility index (Phi) is 4.39. The molecule has 0 saturated carbocycles. The van der Waals surface area contributed by atoms with Gasteiger partial charge in [-0.25, -0.2) is 5.01 Å². The Morgan fingerprint density at radius 2 is 2.00 bits per heavy atom. The summed E-state index contributed by atoms with van der Waals surface area (Å²) in [5, 5.41) is 10.5. The van der Waals surface area contributed by atoms with E-state index in [1.54, 1.807) is 6.07 Å². The summed E-state index contributed by atoms with van der Waals surface area (Å²) in [4.78, 5) is 13.5. The summed E-state index contributed by atoms with van der Waals surface area (Å²) in [6.07, 6.45) is 1.51. The van der Waals surface area contributed by atoms with Gasteiger partial charge in [-0.2, -0.15) is 5.10 Å². The highest BCUT2D eigenvalue weighted by atomic mass is 79.9. The maximum absolute atomic E-state index is 13.5. The van der Waals surface area contributed by atoms with Gasteiger partial charge in [0.15, 0.2) is 0 Å². The number of benzene rings is 3. The molecule has 2 atom stereocenters. The lowest BCUT2D eigenvalue weighted by Crippen LogP contribution is -2.55. The van der Waals surface area contributed by atoms with E-state index in [1.165, 1.54) is 0 Å². The van der Waals surface area contributed by atoms with Gasteiger partial charge in [-0.15, -0.1) is 0 Å². The molecule has 0 radical (unpaired) electrons. The molecule has 3 heterocycles. The van der Waals surface area contributed by atoms with Crippen LogP contribution in [0.3, 0.4) is 0 Å². The van der Waals surface area contributed by atoms with E-state index in [9.17, 15) is 4.79 Å². The van der Waals surface area contributed by atoms with Crippen LogP contribution in [0.5, 0.6) is 5.75 Å². The Morgan fingerprint density at radius 3 is 2.78 bits per heavy atom. The van der Waals surface area contributed by atoms with Gasteiger partial charge in [0.1, 0.15) is 5.75 Å². The van der Waals surface area contributed by atoms with E-state index in [4.69, 9.17) is 21.4 Å². The third-order valence-corrected chi connectivity index (χ3v) is 7.18. The number of halogens is 2. The summed E-state index contributed by atoms with van der Waals surface area (Å²) < 4.78 is 7.54. The van der Waals surface area contributed by atoms with Gasteiger partial charge in [-0.3, -0.25) is 4.79 Å². The van der Waals surface area contributed by atoms with Gasteiger partial charge < -0.3 is 10.1 Å². The number of nitrogens with one attached hydrogen (secondary N) is 1. The second-order valence-corrected chi connectivity index (χ2v) is 9.59. The monoisotopic (exact) mass is 507 g/mol. The Balaban J connectivity index is 1.57. The van der Waals surface area contributed by atoms with E-state index in [2.05, 4.69) is 34.2 Å². The molecule has 0 aromatic heterocycles. The molecule has 0 saturated heterocycles. The molecule has 6 rings (SSSR count). The van der Waals surface area contributed by atoms with Gasteiger partial charge in [0.25, 0.3) is 5.91 Å². The van der Waals surface area contributed by atoms with Crippen molar-refractivity contribution in [3.8, 4) is 5.75 Å². The highest BCUT2D eigenvalue weighted by molar-refractivity contribution is 9.10. The highest BCUT2D eigenvalue weighted by Crippen LogP contribution is 2.54. The molecular formula is C25H19BrClN3O2. The molecule has 5 nitrogen and oxygen atoms in total. The number of carbonyl (C=O) groups excluding carboxylic acids is 1. The van der Waals surface area contributed by atoms with Crippen molar-refractivity contribution in [2.45, 2.75) is 31.5 Å². The average Bonchev–Trinajstić information content (AvgIpc) is 3.36. The van der Waals surface area contributed by atoms with Gasteiger partial charge >= 0.3 is 5.72 Å². The zero-order valence-corrected chi connectivity index (χ0v) is 19.6. The summed E-state index contributed by atoms with van der Waals surface area (Å²) >= 11 is 9.84. The maximum Gasteiger partial charge on any atom is 0.306 e. The van der Waals surface area contributed by atoms with E-state index in [1.807, 2.05) is 53.5 Å². The highest BCUT2D eigenvalue weighted by Gasteiger charge is 2.61. The van der Waals surface area contributed by atoms with E-state index in [0.29, 0.717) is 17.2 Å². The van der Waals surface area contributed by atoms with Crippen LogP contribution < -0.4 is 10.1 Å². The number of fused-ring (bicyclic) bond motifs is 6. The molecule has 1 amide bonds. The SMILES string of the molecule is CCc1ccc2c(c1)[C@@]1(Oc3ccc(Cl)cc3[C@@H]3CC(c4ccc(Br)cc4)=NN31)C(=O)N2. The fourth-order valence-corrected chi connectivity index (χ4v) is 5.24. The van der Waals surface area contributed by atoms with E-state index < -0.39 is 5.72 Å². The van der Waals surface area contributed by atoms with Gasteiger partial charge in [0.05, 0.1) is 23.0 Å². The van der Waals surface area contributed by atoms with E-state index in [-0.39, 0.29) is 11.9 Å². The Labute approximate surface area is 199 Å². The first-order valence-electron chi connectivity index (χ1n) is 10.6. The molecule has 160 valence electrons. The quantitative estimate of drug-likeness (QED) is 0.461. The summed E-state index contributed by atoms with van der Waals surface area (Å²) in [5.41, 5.74) is 4.20. The number of anilines is 1. The zero-order chi connectivity index (χ0) is 22.0. The predicted octanol–water partition coefficient (Wildman–Crippen LogP) is 6.01. The van der Waals surface area contributed by atoms with Crippen LogP contribution in [0.2, 0.25) is 5.02 Å². The number of aryl methyl sites for hydroxylation is 1. The molecule has 3 aromatic carbocycles. The minimum atomic E-state index is -1.36. The van der Waals surface area contributed by atoms with Gasteiger partial charge in [0.2, 0.25) is 0 Å². The first-order valence-corrected chi connectivity index (χ1v) is 11.7. The predicted molar refractivity (Wildman–Crippen MR) is 128 cm³/mol. The topological polar surface area (TPSA) is 53.9 Å². The first-order chi connectivity index (χ1) is 15.5. The van der Waals surface area contributed by atoms with Crippen molar-refractivity contribution in [2.24, 2.45) is 5.10 Å². The van der Waals surface area contributed by atoms with Crippen LogP contribution in [0.4, 0.5) is 5.69 Å². The third kappa shape index (κ3) is 2.76. The normalized spacial score (nSPS) is 22.7. The van der Waals surface area contributed by atoms with Crippen molar-refractivity contribution in [3.05, 3.63) is 92.4 Å². The standard InChI is InChI=1S/C25H19BrClN3O2/c1-2-14-3-9-20-19(11-14)25(24(31)28-20)30-22(18-12-17(27)8-10-23(18)32-25)13-21(29-30)15-4-6-16(26)7-5-15/h3-12,22H,2,13H2,1H3,(H,28,31)/t22-,25+/m0/s1. The number of ether oxygens (including phenoxy) is 1. The van der Waals surface area contributed by atoms with Crippen molar-refractivity contribution in [3.63, 3.8) is 0 Å². The third-order valence-electron chi connectivity index (χ3n) is 6.41. The van der Waals surface area contributed by atoms with Crippen LogP contribution in [0.1, 0.15) is 41.6 Å². The molecule has 7 heteroatoms. The molecule has 3 aliphatic rings. The lowest BCUT2D eigenvalue weighted by molar-refractivity contribution is -0.161. The van der Waals surface area contributed by atoms with Crippen molar-refractivity contribution >= 4 is 44.8 Å². The van der Waals surface area contributed by atoms with Crippen LogP contribution in [-0.2, 0) is 16.9 Å². The van der Waals surface area contributed by atoms with Crippen molar-refractivity contribution in [1.29, 1.82) is 0 Å². The molecule has 0 unspecified atom stereocenters. The van der Waals surface area contributed by atoms with Gasteiger partial charge in [-0.05, 0) is 60.0 Å². The van der Waals surface area contributed by atoms with Gasteiger partial charge in [0, 0.05) is 21.5 Å². The number of amides is 1. The van der Waals surface area contributed by atoms with Crippen LogP contribution in [0.25, 0.3) is 0 Å². The summed E-state index contributed by atoms with van der Waals surface area (Å²) in [6.45, 7) is 2.10. The number of rotatable bonds is 2. The van der Waals surface area contributed by atoms with Crippen LogP contribution in [0.15, 0.2) is 70.2 Å². The van der Waals surface area contributed by atoms with Gasteiger partial charge in [-0.1, -0.05) is 52.7 Å². The number of hydrazone groups is 1. The second-order valence-electron chi connectivity index (χ2n) is 8.23. The molecule has 1 spiro atoms. The lowest BCUT2D eigenvalue weighted by atomic mass is 9.91. The molecule has 0 bridgehead atoms. The number of nitrogens with zero attached hydrogens (tertiary/aromatic N) is 2. The molecule has 3 aromatic rings. The average molecular weight is 509 g/mol. The summed E-state index contributed by atoms with van der Waals surface area (Å²) in [6, 6.07) is 19.5. The number of carbonyl (C=O) groups is 1. The fourth-order valence-electron chi connectivity index (χ4n) is 4.80. The molecule has 0 aliphatic carbocycles. The lowest BCUT2D eigenvalue weighted by Gasteiger charge is -2.44. The largest absolute Gasteiger partial charge is 0.453 e. The molecule has 32 heavy (non-hydrogen) atoms. The second kappa shape index (κ2) is 7.09.